The molecule has 0 aliphatic carbocycles. The Labute approximate surface area is 276 Å². The van der Waals surface area contributed by atoms with Gasteiger partial charge in [-0.2, -0.15) is 0 Å². The van der Waals surface area contributed by atoms with Gasteiger partial charge in [0.2, 0.25) is 17.7 Å². The minimum Gasteiger partial charge on any atom is -0.468 e. The maximum Gasteiger partial charge on any atom is 0.325 e. The van der Waals surface area contributed by atoms with Crippen LogP contribution in [-0.2, 0) is 37.0 Å². The molecule has 2 heterocycles. The Morgan fingerprint density at radius 3 is 2.07 bits per heavy atom. The maximum atomic E-state index is 12.4. The third-order valence-electron chi connectivity index (χ3n) is 6.24. The van der Waals surface area contributed by atoms with Crippen LogP contribution in [0.3, 0.4) is 0 Å². The highest BCUT2D eigenvalue weighted by Gasteiger charge is 2.24. The Balaban J connectivity index is 0.00000312. The van der Waals surface area contributed by atoms with E-state index in [-0.39, 0.29) is 25.6 Å². The van der Waals surface area contributed by atoms with Crippen LogP contribution in [0.1, 0.15) is 72.9 Å². The van der Waals surface area contributed by atoms with Crippen molar-refractivity contribution in [2.75, 3.05) is 72.6 Å². The molecule has 15 heteroatoms. The summed E-state index contributed by atoms with van der Waals surface area (Å²) in [5, 5.41) is 26.2. The zero-order chi connectivity index (χ0) is 34.6. The van der Waals surface area contributed by atoms with E-state index in [1.54, 1.807) is 20.0 Å². The number of nitrogens with zero attached hydrogens (tertiary/aromatic N) is 4. The molecule has 1 unspecified atom stereocenters. The van der Waals surface area contributed by atoms with Gasteiger partial charge in [-0.1, -0.05) is 59.6 Å². The van der Waals surface area contributed by atoms with E-state index in [1.165, 1.54) is 24.6 Å². The molecule has 0 radical (unpaired) electrons. The van der Waals surface area contributed by atoms with Gasteiger partial charge < -0.3 is 36.6 Å². The summed E-state index contributed by atoms with van der Waals surface area (Å²) in [6.45, 7) is 19.5. The summed E-state index contributed by atoms with van der Waals surface area (Å²) in [5.41, 5.74) is 0.765. The first-order chi connectivity index (χ1) is 22.1. The van der Waals surface area contributed by atoms with E-state index in [9.17, 15) is 19.2 Å². The minimum absolute atomic E-state index is 0.0903. The predicted molar refractivity (Wildman–Crippen MR) is 180 cm³/mol. The van der Waals surface area contributed by atoms with E-state index in [1.807, 2.05) is 0 Å². The fourth-order valence-corrected chi connectivity index (χ4v) is 4.03. The number of aromatic nitrogens is 3. The lowest BCUT2D eigenvalue weighted by atomic mass is 10.0. The quantitative estimate of drug-likeness (QED) is 0.177. The molecule has 2 rings (SSSR count). The number of hydrogen-bond acceptors (Lipinski definition) is 11. The molecule has 1 saturated heterocycles. The Morgan fingerprint density at radius 1 is 0.848 bits per heavy atom. The number of esters is 1. The van der Waals surface area contributed by atoms with Crippen LogP contribution >= 0.6 is 0 Å². The number of carbonyl (C=O) groups is 4. The summed E-state index contributed by atoms with van der Waals surface area (Å²) >= 11 is 0. The van der Waals surface area contributed by atoms with Crippen molar-refractivity contribution >= 4 is 23.7 Å². The van der Waals surface area contributed by atoms with E-state index in [0.717, 1.165) is 70.9 Å². The molecule has 0 saturated carbocycles. The van der Waals surface area contributed by atoms with Crippen molar-refractivity contribution in [1.29, 1.82) is 0 Å². The number of amides is 3. The summed E-state index contributed by atoms with van der Waals surface area (Å²) < 4.78 is 5.94. The number of carbonyl (C=O) groups excluding carboxylic acids is 4. The van der Waals surface area contributed by atoms with Crippen molar-refractivity contribution in [2.45, 2.75) is 86.4 Å². The van der Waals surface area contributed by atoms with Crippen molar-refractivity contribution in [3.05, 3.63) is 11.9 Å². The van der Waals surface area contributed by atoms with Crippen molar-refractivity contribution in [3.8, 4) is 0 Å². The topological polar surface area (TPSA) is 184 Å². The van der Waals surface area contributed by atoms with Gasteiger partial charge in [0, 0.05) is 32.7 Å². The van der Waals surface area contributed by atoms with E-state index in [2.05, 4.69) is 79.5 Å². The third-order valence-corrected chi connectivity index (χ3v) is 6.24. The molecule has 1 aromatic rings. The Kier molecular flexibility index (Phi) is 26.2. The van der Waals surface area contributed by atoms with Crippen LogP contribution in [0.2, 0.25) is 0 Å². The predicted octanol–water partition coefficient (Wildman–Crippen LogP) is 0.0215. The zero-order valence-electron chi connectivity index (χ0n) is 29.4. The molecule has 1 aliphatic heterocycles. The Hall–Kier alpha value is -3.14. The second-order valence-corrected chi connectivity index (χ2v) is 11.4. The van der Waals surface area contributed by atoms with E-state index >= 15 is 0 Å². The molecule has 266 valence electrons. The number of rotatable bonds is 11. The second-order valence-electron chi connectivity index (χ2n) is 11.4. The van der Waals surface area contributed by atoms with Gasteiger partial charge in [-0.25, -0.2) is 4.68 Å². The molecule has 1 atom stereocenters. The van der Waals surface area contributed by atoms with Gasteiger partial charge >= 0.3 is 5.97 Å². The summed E-state index contributed by atoms with van der Waals surface area (Å²) in [4.78, 5) is 50.7. The van der Waals surface area contributed by atoms with Crippen molar-refractivity contribution in [1.82, 2.24) is 51.8 Å². The van der Waals surface area contributed by atoms with Gasteiger partial charge in [0.15, 0.2) is 0 Å². The molecular formula is C31H62N10O5. The minimum atomic E-state index is -0.866. The Bertz CT molecular complexity index is 944. The highest BCUT2D eigenvalue weighted by molar-refractivity contribution is 5.91. The first-order valence-electron chi connectivity index (χ1n) is 16.8. The van der Waals surface area contributed by atoms with Gasteiger partial charge in [-0.05, 0) is 44.9 Å². The van der Waals surface area contributed by atoms with Crippen LogP contribution in [0, 0.1) is 5.92 Å². The van der Waals surface area contributed by atoms with Crippen molar-refractivity contribution in [2.24, 2.45) is 5.92 Å². The van der Waals surface area contributed by atoms with E-state index in [4.69, 9.17) is 0 Å². The van der Waals surface area contributed by atoms with Crippen LogP contribution in [0.25, 0.3) is 0 Å². The standard InChI is InChI=1S/C25H46N10O5.2C3H8/c1-19(2)24(25(39)30-15-23(38)40-3)31-21(36)14-29-22(37)18-35-17-20(32-33-35)16-34-12-5-8-27-10-9-26-6-4-7-28-11-13-34;2*1-3-2/h17,19,24,26-28H,4-16,18H2,1-3H3,(H,29,37)(H,30,39)(H,31,36);2*3H2,1-2H3. The monoisotopic (exact) mass is 654 g/mol. The molecule has 1 fully saturated rings. The molecule has 6 N–H and O–H groups in total. The summed E-state index contributed by atoms with van der Waals surface area (Å²) in [7, 11) is 1.22. The third kappa shape index (κ3) is 22.4. The number of methoxy groups -OCH3 is 1. The van der Waals surface area contributed by atoms with Gasteiger partial charge in [0.25, 0.3) is 0 Å². The fourth-order valence-electron chi connectivity index (χ4n) is 4.03. The van der Waals surface area contributed by atoms with E-state index < -0.39 is 29.7 Å². The number of hydrogen-bond donors (Lipinski definition) is 6. The molecule has 0 spiro atoms. The SMILES string of the molecule is CCC.CCC.COC(=O)CNC(=O)C(NC(=O)CNC(=O)Cn1cc(CN2CCCNCCNCCCNCC2)nn1)C(C)C. The van der Waals surface area contributed by atoms with Crippen molar-refractivity contribution in [3.63, 3.8) is 0 Å². The molecule has 3 amide bonds. The highest BCUT2D eigenvalue weighted by atomic mass is 16.5. The van der Waals surface area contributed by atoms with Gasteiger partial charge in [0.1, 0.15) is 19.1 Å². The lowest BCUT2D eigenvalue weighted by molar-refractivity contribution is -0.141. The van der Waals surface area contributed by atoms with Crippen LogP contribution in [0.15, 0.2) is 6.20 Å². The van der Waals surface area contributed by atoms with Crippen LogP contribution in [-0.4, -0.2) is 122 Å². The van der Waals surface area contributed by atoms with Crippen LogP contribution in [0.4, 0.5) is 0 Å². The van der Waals surface area contributed by atoms with Gasteiger partial charge in [-0.15, -0.1) is 5.10 Å². The largest absolute Gasteiger partial charge is 0.468 e. The van der Waals surface area contributed by atoms with Gasteiger partial charge in [0.05, 0.1) is 25.5 Å². The van der Waals surface area contributed by atoms with Crippen LogP contribution < -0.4 is 31.9 Å². The normalized spacial score (nSPS) is 15.5. The number of ether oxygens (including phenoxy) is 1. The average molecular weight is 655 g/mol. The fraction of sp³-hybridized carbons (Fsp3) is 0.806. The summed E-state index contributed by atoms with van der Waals surface area (Å²) in [5.74, 6) is -2.28. The zero-order valence-corrected chi connectivity index (χ0v) is 29.4. The maximum absolute atomic E-state index is 12.4. The molecule has 0 aromatic carbocycles. The van der Waals surface area contributed by atoms with E-state index in [0.29, 0.717) is 6.54 Å². The Morgan fingerprint density at radius 2 is 1.46 bits per heavy atom. The molecule has 46 heavy (non-hydrogen) atoms. The smallest absolute Gasteiger partial charge is 0.325 e. The molecule has 1 aromatic heterocycles. The van der Waals surface area contributed by atoms with Crippen molar-refractivity contribution < 1.29 is 23.9 Å². The first kappa shape index (κ1) is 42.9. The first-order valence-corrected chi connectivity index (χ1v) is 16.8. The molecule has 15 nitrogen and oxygen atoms in total. The highest BCUT2D eigenvalue weighted by Crippen LogP contribution is 2.03. The molecular weight excluding hydrogens is 592 g/mol. The lowest BCUT2D eigenvalue weighted by Crippen LogP contribution is -2.52. The molecule has 1 aliphatic rings. The average Bonchev–Trinajstić information content (AvgIpc) is 3.46. The summed E-state index contributed by atoms with van der Waals surface area (Å²) in [6, 6.07) is -0.866. The molecule has 0 bridgehead atoms. The van der Waals surface area contributed by atoms with Crippen LogP contribution in [0.5, 0.6) is 0 Å². The lowest BCUT2D eigenvalue weighted by Gasteiger charge is -2.22. The number of nitrogens with one attached hydrogen (secondary N) is 6. The summed E-state index contributed by atoms with van der Waals surface area (Å²) in [6.07, 6.45) is 6.34. The second kappa shape index (κ2) is 28.1. The van der Waals surface area contributed by atoms with Gasteiger partial charge in [-0.3, -0.25) is 24.1 Å².